The number of fused-ring (bicyclic) bond motifs is 7. The first-order valence-corrected chi connectivity index (χ1v) is 21.4. The van der Waals surface area contributed by atoms with Crippen molar-refractivity contribution in [1.82, 2.24) is 14.5 Å². The second kappa shape index (κ2) is 15.3. The molecule has 12 aromatic rings. The molecule has 0 unspecified atom stereocenters. The van der Waals surface area contributed by atoms with Gasteiger partial charge in [-0.2, -0.15) is 5.26 Å². The van der Waals surface area contributed by atoms with Crippen LogP contribution in [0.2, 0.25) is 0 Å². The number of furan rings is 1. The van der Waals surface area contributed by atoms with Gasteiger partial charge in [-0.1, -0.05) is 194 Å². The van der Waals surface area contributed by atoms with E-state index in [0.29, 0.717) is 22.8 Å². The number of hydrogen-bond donors (Lipinski definition) is 0. The molecule has 0 bridgehead atoms. The Morgan fingerprint density at radius 3 is 1.44 bits per heavy atom. The molecule has 0 atom stereocenters. The zero-order valence-electron chi connectivity index (χ0n) is 34.5. The molecular formula is C59H36N4O. The van der Waals surface area contributed by atoms with Crippen molar-refractivity contribution in [2.45, 2.75) is 0 Å². The monoisotopic (exact) mass is 816 g/mol. The molecule has 5 nitrogen and oxygen atoms in total. The number of nitriles is 1. The standard InChI is InChI=1S/C59H36N4O/c60-37-51-54(41-25-12-4-13-26-41)61-59(62-55(51)42-27-14-5-15-28-42)50-35-48(39-21-8-2-9-22-39)49(40-23-10-3-11-24-40)36-53(50)63-52-32-17-16-29-44(52)45-33-34-47-46-31-18-30-43(38-19-6-1-7-20-38)57(46)64-58(47)56(45)63/h1-36H. The summed E-state index contributed by atoms with van der Waals surface area (Å²) >= 11 is 0. The molecule has 9 aromatic carbocycles. The highest BCUT2D eigenvalue weighted by atomic mass is 16.3. The Kier molecular flexibility index (Phi) is 8.81. The smallest absolute Gasteiger partial charge is 0.162 e. The molecule has 0 aliphatic heterocycles. The summed E-state index contributed by atoms with van der Waals surface area (Å²) in [4.78, 5) is 10.8. The van der Waals surface area contributed by atoms with Crippen LogP contribution in [0.3, 0.4) is 0 Å². The van der Waals surface area contributed by atoms with Gasteiger partial charge in [-0.3, -0.25) is 0 Å². The number of benzene rings is 9. The number of para-hydroxylation sites is 2. The van der Waals surface area contributed by atoms with Crippen LogP contribution >= 0.6 is 0 Å². The van der Waals surface area contributed by atoms with Gasteiger partial charge in [0.1, 0.15) is 17.2 Å². The average molecular weight is 817 g/mol. The molecular weight excluding hydrogens is 781 g/mol. The van der Waals surface area contributed by atoms with Crippen LogP contribution in [-0.4, -0.2) is 14.5 Å². The number of nitrogens with zero attached hydrogens (tertiary/aromatic N) is 4. The van der Waals surface area contributed by atoms with E-state index in [0.717, 1.165) is 99.5 Å². The number of aromatic nitrogens is 3. The molecule has 0 aliphatic rings. The summed E-state index contributed by atoms with van der Waals surface area (Å²) in [5.41, 5.74) is 14.9. The van der Waals surface area contributed by atoms with Crippen molar-refractivity contribution >= 4 is 43.7 Å². The topological polar surface area (TPSA) is 67.6 Å². The molecule has 0 saturated carbocycles. The Morgan fingerprint density at radius 1 is 0.391 bits per heavy atom. The highest BCUT2D eigenvalue weighted by Gasteiger charge is 2.26. The van der Waals surface area contributed by atoms with Gasteiger partial charge in [0, 0.05) is 43.8 Å². The molecule has 0 N–H and O–H groups in total. The Bertz CT molecular complexity index is 3700. The van der Waals surface area contributed by atoms with Crippen LogP contribution in [0.4, 0.5) is 0 Å². The van der Waals surface area contributed by atoms with Gasteiger partial charge in [0.05, 0.1) is 28.1 Å². The van der Waals surface area contributed by atoms with Crippen molar-refractivity contribution < 1.29 is 4.42 Å². The summed E-state index contributed by atoms with van der Waals surface area (Å²) in [6, 6.07) is 77.8. The lowest BCUT2D eigenvalue weighted by Gasteiger charge is -2.20. The lowest BCUT2D eigenvalue weighted by atomic mass is 9.91. The van der Waals surface area contributed by atoms with Crippen molar-refractivity contribution in [3.8, 4) is 79.0 Å². The summed E-state index contributed by atoms with van der Waals surface area (Å²) in [5.74, 6) is 0.498. The Labute approximate surface area is 369 Å². The van der Waals surface area contributed by atoms with Crippen molar-refractivity contribution in [1.29, 1.82) is 5.26 Å². The molecule has 0 fully saturated rings. The van der Waals surface area contributed by atoms with Crippen LogP contribution in [0.25, 0.3) is 117 Å². The molecule has 0 radical (unpaired) electrons. The normalized spacial score (nSPS) is 11.4. The third-order valence-corrected chi connectivity index (χ3v) is 12.3. The van der Waals surface area contributed by atoms with Gasteiger partial charge in [0.25, 0.3) is 0 Å². The molecule has 0 saturated heterocycles. The van der Waals surface area contributed by atoms with Gasteiger partial charge in [0.15, 0.2) is 11.4 Å². The Morgan fingerprint density at radius 2 is 0.859 bits per heavy atom. The predicted octanol–water partition coefficient (Wildman–Crippen LogP) is 15.3. The summed E-state index contributed by atoms with van der Waals surface area (Å²) < 4.78 is 9.54. The number of rotatable bonds is 7. The van der Waals surface area contributed by atoms with Crippen molar-refractivity contribution in [2.75, 3.05) is 0 Å². The van der Waals surface area contributed by atoms with E-state index in [9.17, 15) is 5.26 Å². The molecule has 0 amide bonds. The third kappa shape index (κ3) is 6.00. The molecule has 12 rings (SSSR count). The van der Waals surface area contributed by atoms with E-state index >= 15 is 0 Å². The minimum atomic E-state index is 0.418. The quantitative estimate of drug-likeness (QED) is 0.161. The van der Waals surface area contributed by atoms with Gasteiger partial charge >= 0.3 is 0 Å². The maximum absolute atomic E-state index is 10.9. The second-order valence-electron chi connectivity index (χ2n) is 16.0. The van der Waals surface area contributed by atoms with E-state index in [2.05, 4.69) is 156 Å². The molecule has 5 heteroatoms. The van der Waals surface area contributed by atoms with E-state index in [1.54, 1.807) is 0 Å². The Hall–Kier alpha value is -8.85. The van der Waals surface area contributed by atoms with Gasteiger partial charge in [0.2, 0.25) is 0 Å². The predicted molar refractivity (Wildman–Crippen MR) is 261 cm³/mol. The average Bonchev–Trinajstić information content (AvgIpc) is 3.93. The van der Waals surface area contributed by atoms with E-state index in [-0.39, 0.29) is 0 Å². The lowest BCUT2D eigenvalue weighted by molar-refractivity contribution is 0.672. The zero-order valence-corrected chi connectivity index (χ0v) is 34.5. The van der Waals surface area contributed by atoms with E-state index < -0.39 is 0 Å². The van der Waals surface area contributed by atoms with Gasteiger partial charge in [-0.05, 0) is 52.1 Å². The fourth-order valence-corrected chi connectivity index (χ4v) is 9.36. The zero-order chi connectivity index (χ0) is 42.6. The molecule has 3 heterocycles. The highest BCUT2D eigenvalue weighted by Crippen LogP contribution is 2.46. The van der Waals surface area contributed by atoms with Crippen LogP contribution < -0.4 is 0 Å². The maximum atomic E-state index is 10.9. The van der Waals surface area contributed by atoms with Crippen LogP contribution in [0, 0.1) is 11.3 Å². The second-order valence-corrected chi connectivity index (χ2v) is 16.0. The minimum Gasteiger partial charge on any atom is -0.453 e. The SMILES string of the molecule is N#Cc1c(-c2ccccc2)nc(-c2cc(-c3ccccc3)c(-c3ccccc3)cc2-n2c3ccccc3c3ccc4c5cccc(-c6ccccc6)c5oc4c32)nc1-c1ccccc1. The fourth-order valence-electron chi connectivity index (χ4n) is 9.36. The molecule has 0 aliphatic carbocycles. The van der Waals surface area contributed by atoms with E-state index in [1.165, 1.54) is 0 Å². The summed E-state index contributed by atoms with van der Waals surface area (Å²) in [7, 11) is 0. The van der Waals surface area contributed by atoms with Crippen molar-refractivity contribution in [2.24, 2.45) is 0 Å². The minimum absolute atomic E-state index is 0.418. The van der Waals surface area contributed by atoms with Crippen LogP contribution in [0.5, 0.6) is 0 Å². The molecule has 64 heavy (non-hydrogen) atoms. The van der Waals surface area contributed by atoms with Crippen molar-refractivity contribution in [3.05, 3.63) is 224 Å². The van der Waals surface area contributed by atoms with E-state index in [4.69, 9.17) is 14.4 Å². The van der Waals surface area contributed by atoms with Crippen LogP contribution in [0.15, 0.2) is 223 Å². The number of hydrogen-bond acceptors (Lipinski definition) is 4. The fraction of sp³-hybridized carbons (Fsp3) is 0. The highest BCUT2D eigenvalue weighted by molar-refractivity contribution is 6.23. The largest absolute Gasteiger partial charge is 0.453 e. The summed E-state index contributed by atoms with van der Waals surface area (Å²) in [6.07, 6.45) is 0. The van der Waals surface area contributed by atoms with Crippen LogP contribution in [-0.2, 0) is 0 Å². The molecule has 0 spiro atoms. The van der Waals surface area contributed by atoms with Gasteiger partial charge < -0.3 is 8.98 Å². The van der Waals surface area contributed by atoms with Gasteiger partial charge in [-0.15, -0.1) is 0 Å². The van der Waals surface area contributed by atoms with Crippen LogP contribution in [0.1, 0.15) is 5.56 Å². The van der Waals surface area contributed by atoms with E-state index in [1.807, 2.05) is 72.8 Å². The molecule has 298 valence electrons. The first-order valence-electron chi connectivity index (χ1n) is 21.4. The van der Waals surface area contributed by atoms with Gasteiger partial charge in [-0.25, -0.2) is 9.97 Å². The summed E-state index contributed by atoms with van der Waals surface area (Å²) in [6.45, 7) is 0. The van der Waals surface area contributed by atoms with Crippen molar-refractivity contribution in [3.63, 3.8) is 0 Å². The lowest BCUT2D eigenvalue weighted by Crippen LogP contribution is -2.05. The summed E-state index contributed by atoms with van der Waals surface area (Å²) in [5, 5.41) is 15.1. The molecule has 3 aromatic heterocycles. The Balaban J connectivity index is 1.26. The first-order chi connectivity index (χ1) is 31.7. The first kappa shape index (κ1) is 37.0. The third-order valence-electron chi connectivity index (χ3n) is 12.3. The maximum Gasteiger partial charge on any atom is 0.162 e.